The van der Waals surface area contributed by atoms with Gasteiger partial charge in [-0.1, -0.05) is 32.3 Å². The Hall–Kier alpha value is -4.31. The number of amides is 4. The predicted molar refractivity (Wildman–Crippen MR) is 260 cm³/mol. The van der Waals surface area contributed by atoms with E-state index in [2.05, 4.69) is 44.2 Å². The second kappa shape index (κ2) is 30.5. The largest absolute Gasteiger partial charge is 0.726 e. The Morgan fingerprint density at radius 3 is 1.58 bits per heavy atom. The maximum Gasteiger partial charge on any atom is 0.251 e. The maximum absolute atomic E-state index is 13.8. The van der Waals surface area contributed by atoms with E-state index in [0.29, 0.717) is 25.2 Å². The van der Waals surface area contributed by atoms with Crippen molar-refractivity contribution < 1.29 is 120 Å². The summed E-state index contributed by atoms with van der Waals surface area (Å²) >= 11 is 0. The molecule has 0 bridgehead atoms. The minimum Gasteiger partial charge on any atom is -0.726 e. The average molecular weight is 1140 g/mol. The van der Waals surface area contributed by atoms with E-state index < -0.39 is 183 Å². The van der Waals surface area contributed by atoms with Gasteiger partial charge < -0.3 is 110 Å². The van der Waals surface area contributed by atoms with Crippen molar-refractivity contribution in [3.63, 3.8) is 0 Å². The third-order valence-electron chi connectivity index (χ3n) is 13.0. The van der Waals surface area contributed by atoms with E-state index in [1.54, 1.807) is 12.1 Å². The fourth-order valence-corrected chi connectivity index (χ4v) is 9.50. The van der Waals surface area contributed by atoms with Crippen LogP contribution in [0.25, 0.3) is 0 Å². The second-order valence-electron chi connectivity index (χ2n) is 19.0. The van der Waals surface area contributed by atoms with Gasteiger partial charge in [0.05, 0.1) is 33.0 Å². The van der Waals surface area contributed by atoms with E-state index in [0.717, 1.165) is 46.5 Å². The number of benzene rings is 1. The summed E-state index contributed by atoms with van der Waals surface area (Å²) in [6.45, 7) is 1.41. The first kappa shape index (κ1) is 64.5. The molecule has 4 aliphatic rings. The summed E-state index contributed by atoms with van der Waals surface area (Å²) in [4.78, 5) is 51.1. The van der Waals surface area contributed by atoms with Gasteiger partial charge in [0, 0.05) is 39.2 Å². The van der Waals surface area contributed by atoms with Gasteiger partial charge in [0.15, 0.2) is 25.2 Å². The summed E-state index contributed by atoms with van der Waals surface area (Å²) in [5.41, 5.74) is 0.0426. The van der Waals surface area contributed by atoms with Crippen LogP contribution in [0, 0.1) is 11.8 Å². The topological polar surface area (TPSA) is 439 Å². The number of rotatable bonds is 25. The van der Waals surface area contributed by atoms with Gasteiger partial charge in [-0.25, -0.2) is 8.42 Å². The first-order chi connectivity index (χ1) is 37.0. The average Bonchev–Trinajstić information content (AvgIpc) is 3.40. The normalized spacial score (nSPS) is 35.1. The molecule has 0 aliphatic carbocycles. The number of aliphatic hydroxyl groups is 9. The lowest BCUT2D eigenvalue weighted by atomic mass is 9.93. The Morgan fingerprint density at radius 2 is 1.08 bits per heavy atom. The molecule has 29 nitrogen and oxygen atoms in total. The van der Waals surface area contributed by atoms with Crippen LogP contribution in [0.3, 0.4) is 0 Å². The monoisotopic (exact) mass is 1140 g/mol. The molecule has 4 fully saturated rings. The highest BCUT2D eigenvalue weighted by Gasteiger charge is 2.56. The molecule has 78 heavy (non-hydrogen) atoms. The highest BCUT2D eigenvalue weighted by molar-refractivity contribution is 7.80. The number of ether oxygens (including phenoxy) is 8. The predicted octanol–water partition coefficient (Wildman–Crippen LogP) is -5.26. The molecule has 442 valence electrons. The van der Waals surface area contributed by atoms with E-state index in [4.69, 9.17) is 37.9 Å². The number of aliphatic hydroxyl groups excluding tert-OH is 9. The van der Waals surface area contributed by atoms with E-state index in [1.165, 1.54) is 18.6 Å². The van der Waals surface area contributed by atoms with E-state index in [9.17, 15) is 78.1 Å². The van der Waals surface area contributed by atoms with Crippen LogP contribution in [0.5, 0.6) is 5.75 Å². The van der Waals surface area contributed by atoms with Gasteiger partial charge in [-0.3, -0.25) is 23.4 Å². The maximum atomic E-state index is 13.8. The number of hydrogen-bond acceptors (Lipinski definition) is 25. The lowest BCUT2D eigenvalue weighted by Crippen LogP contribution is -2.71. The van der Waals surface area contributed by atoms with Crippen LogP contribution < -0.4 is 26.0 Å². The zero-order valence-electron chi connectivity index (χ0n) is 43.3. The molecule has 0 radical (unpaired) electrons. The van der Waals surface area contributed by atoms with Gasteiger partial charge in [-0.05, 0) is 31.0 Å². The smallest absolute Gasteiger partial charge is 0.251 e. The first-order valence-corrected chi connectivity index (χ1v) is 26.8. The van der Waals surface area contributed by atoms with Crippen LogP contribution in [0.15, 0.2) is 24.3 Å². The van der Waals surface area contributed by atoms with Gasteiger partial charge in [0.25, 0.3) is 5.91 Å². The summed E-state index contributed by atoms with van der Waals surface area (Å²) in [5.74, 6) is 3.36. The van der Waals surface area contributed by atoms with Gasteiger partial charge >= 0.3 is 0 Å². The zero-order valence-corrected chi connectivity index (χ0v) is 44.1. The molecule has 4 saturated heterocycles. The number of hydrogen-bond donors (Lipinski definition) is 13. The van der Waals surface area contributed by atoms with Crippen LogP contribution in [0.1, 0.15) is 83.0 Å². The molecule has 0 aromatic heterocycles. The number of unbranched alkanes of at least 4 members (excludes halogenated alkanes) is 5. The number of nitrogens with one attached hydrogen (secondary N) is 4. The van der Waals surface area contributed by atoms with Gasteiger partial charge in [0.1, 0.15) is 103 Å². The van der Waals surface area contributed by atoms with E-state index in [1.807, 2.05) is 0 Å². The molecule has 0 spiro atoms. The molecule has 1 aromatic rings. The van der Waals surface area contributed by atoms with Crippen molar-refractivity contribution in [1.29, 1.82) is 0 Å². The standard InChI is InChI=1S/C48H74N4O25S/c1-5-6-7-8-9-10-11-12-13-17-69-27-16-14-15-26(18-27)44(64)52-33-37(60)36(59)28(19-53)72-46(33)75-41-29(20-54)73-47(34(39(41)62)50-24(3)57)76-42-30(21-55)74-48(35(40(42)63)51-25(4)58)77-43-31(22-70-78(66,67)68)71-45(65)32(38(43)61)49-23(2)56/h14-16,18,28-43,45-48,53-55,59-63,65H,5-9,12-13,17,19-22H2,1-4H3,(H,49,56)(H,50,57)(H,51,58)(H,52,64)(H,66,67,68)/p-1/t28?,29?,30?,31?,32?,33-,34?,35-,36+,37?,38?,39?,40+,41+,42?,43+,45?,46-,47?,48-/m0/s1. The molecule has 30 heteroatoms. The Balaban J connectivity index is 1.35. The molecule has 5 rings (SSSR count). The molecule has 4 heterocycles. The molecule has 1 aromatic carbocycles. The van der Waals surface area contributed by atoms with Crippen molar-refractivity contribution >= 4 is 34.0 Å². The van der Waals surface area contributed by atoms with Crippen LogP contribution >= 0.6 is 0 Å². The second-order valence-corrected chi connectivity index (χ2v) is 20.1. The summed E-state index contributed by atoms with van der Waals surface area (Å²) in [7, 11) is -5.41. The van der Waals surface area contributed by atoms with E-state index >= 15 is 0 Å². The third-order valence-corrected chi connectivity index (χ3v) is 13.5. The fraction of sp³-hybridized carbons (Fsp3) is 0.750. The lowest BCUT2D eigenvalue weighted by Gasteiger charge is -2.51. The molecular formula is C48H73N4O25S-. The highest BCUT2D eigenvalue weighted by Crippen LogP contribution is 2.35. The Bertz CT molecular complexity index is 2280. The van der Waals surface area contributed by atoms with Crippen LogP contribution in [-0.4, -0.2) is 238 Å². The van der Waals surface area contributed by atoms with Crippen molar-refractivity contribution in [3.05, 3.63) is 29.8 Å². The molecule has 13 N–H and O–H groups in total. The quantitative estimate of drug-likeness (QED) is 0.0188. The molecule has 20 atom stereocenters. The number of carbonyl (C=O) groups is 4. The molecule has 4 aliphatic heterocycles. The van der Waals surface area contributed by atoms with Crippen molar-refractivity contribution in [2.24, 2.45) is 0 Å². The lowest BCUT2D eigenvalue weighted by molar-refractivity contribution is -0.361. The highest BCUT2D eigenvalue weighted by atomic mass is 32.3. The van der Waals surface area contributed by atoms with Crippen LogP contribution in [0.4, 0.5) is 0 Å². The van der Waals surface area contributed by atoms with Crippen molar-refractivity contribution in [2.75, 3.05) is 33.0 Å². The summed E-state index contributed by atoms with van der Waals surface area (Å²) < 4.78 is 85.6. The summed E-state index contributed by atoms with van der Waals surface area (Å²) in [5, 5.41) is 109. The van der Waals surface area contributed by atoms with Gasteiger partial charge in [-0.15, -0.1) is 11.8 Å². The Kier molecular flexibility index (Phi) is 25.2. The third kappa shape index (κ3) is 17.8. The van der Waals surface area contributed by atoms with Gasteiger partial charge in [-0.2, -0.15) is 0 Å². The van der Waals surface area contributed by atoms with Crippen molar-refractivity contribution in [3.8, 4) is 17.6 Å². The first-order valence-electron chi connectivity index (χ1n) is 25.4. The number of carbonyl (C=O) groups excluding carboxylic acids is 4. The molecule has 12 unspecified atom stereocenters. The van der Waals surface area contributed by atoms with Crippen molar-refractivity contribution in [2.45, 2.75) is 195 Å². The fourth-order valence-electron chi connectivity index (χ4n) is 9.20. The summed E-state index contributed by atoms with van der Waals surface area (Å²) in [6.07, 6.45) is -23.2. The van der Waals surface area contributed by atoms with E-state index in [-0.39, 0.29) is 5.56 Å². The van der Waals surface area contributed by atoms with Gasteiger partial charge in [0.2, 0.25) is 28.1 Å². The minimum absolute atomic E-state index is 0.0426. The minimum atomic E-state index is -5.41. The Labute approximate surface area is 450 Å². The SMILES string of the molecule is CCCCCCC#CCCCOc1cccc(C(=O)N[C@H]2C(O)[C@H](O)C(CO)O[C@H]2O[C@@H]2C(CO)OC(OC3C(CO)O[C@@H](O[C@@H]4C(COS(=O)(=O)[O-])OC(O)C(NC(C)=O)C4O)[C@@H](NC(C)=O)[C@H]3O)C(NC(C)=O)C2O)c1. The van der Waals surface area contributed by atoms with Crippen LogP contribution in [0.2, 0.25) is 0 Å². The molecule has 4 amide bonds. The Morgan fingerprint density at radius 1 is 0.603 bits per heavy atom. The van der Waals surface area contributed by atoms with Crippen LogP contribution in [-0.2, 0) is 62.1 Å². The van der Waals surface area contributed by atoms with Crippen molar-refractivity contribution in [1.82, 2.24) is 21.3 Å². The summed E-state index contributed by atoms with van der Waals surface area (Å²) in [6, 6.07) is -0.788. The molecular weight excluding hydrogens is 1060 g/mol. The molecule has 0 saturated carbocycles. The zero-order chi connectivity index (χ0) is 57.4.